The topological polar surface area (TPSA) is 61.6 Å². The van der Waals surface area contributed by atoms with E-state index in [1.54, 1.807) is 6.20 Å². The van der Waals surface area contributed by atoms with Crippen molar-refractivity contribution in [2.45, 2.75) is 25.0 Å². The SMILES string of the molecule is CN(C)c1cccc(C(=O)N2C[C@H]3C[C@@H](n4cccn4)[C@H](O)C[C@H]3C2)c1. The fourth-order valence-corrected chi connectivity index (χ4v) is 4.43. The number of aliphatic hydroxyl groups excluding tert-OH is 1. The Bertz CT molecular complexity index is 774. The largest absolute Gasteiger partial charge is 0.391 e. The molecule has 1 aliphatic heterocycles. The molecule has 1 saturated heterocycles. The molecule has 138 valence electrons. The number of carbonyl (C=O) groups excluding carboxylic acids is 1. The molecule has 0 radical (unpaired) electrons. The van der Waals surface area contributed by atoms with Gasteiger partial charge >= 0.3 is 0 Å². The molecule has 1 amide bonds. The van der Waals surface area contributed by atoms with Gasteiger partial charge < -0.3 is 14.9 Å². The number of hydrogen-bond donors (Lipinski definition) is 1. The molecule has 0 spiro atoms. The number of rotatable bonds is 3. The Labute approximate surface area is 154 Å². The van der Waals surface area contributed by atoms with Crippen molar-refractivity contribution in [3.05, 3.63) is 48.3 Å². The number of aromatic nitrogens is 2. The van der Waals surface area contributed by atoms with Gasteiger partial charge in [0.25, 0.3) is 5.91 Å². The first-order valence-corrected chi connectivity index (χ1v) is 9.27. The van der Waals surface area contributed by atoms with E-state index in [-0.39, 0.29) is 11.9 Å². The van der Waals surface area contributed by atoms with Crippen molar-refractivity contribution in [3.63, 3.8) is 0 Å². The van der Waals surface area contributed by atoms with Crippen molar-refractivity contribution in [1.29, 1.82) is 0 Å². The number of nitrogens with zero attached hydrogens (tertiary/aromatic N) is 4. The van der Waals surface area contributed by atoms with Crippen LogP contribution in [0.1, 0.15) is 29.2 Å². The maximum Gasteiger partial charge on any atom is 0.253 e. The van der Waals surface area contributed by atoms with Crippen LogP contribution >= 0.6 is 0 Å². The Morgan fingerprint density at radius 3 is 2.65 bits per heavy atom. The summed E-state index contributed by atoms with van der Waals surface area (Å²) in [7, 11) is 3.95. The highest BCUT2D eigenvalue weighted by molar-refractivity contribution is 5.95. The molecule has 1 aromatic heterocycles. The summed E-state index contributed by atoms with van der Waals surface area (Å²) in [6.45, 7) is 1.50. The van der Waals surface area contributed by atoms with Crippen LogP contribution in [-0.4, -0.2) is 59.0 Å². The number of amides is 1. The molecule has 6 nitrogen and oxygen atoms in total. The van der Waals surface area contributed by atoms with Crippen LogP contribution in [0.3, 0.4) is 0 Å². The van der Waals surface area contributed by atoms with Crippen LogP contribution in [0.5, 0.6) is 0 Å². The van der Waals surface area contributed by atoms with E-state index < -0.39 is 6.10 Å². The van der Waals surface area contributed by atoms with Crippen molar-refractivity contribution < 1.29 is 9.90 Å². The van der Waals surface area contributed by atoms with Crippen LogP contribution in [0, 0.1) is 11.8 Å². The minimum atomic E-state index is -0.400. The molecule has 0 bridgehead atoms. The molecule has 2 aromatic rings. The highest BCUT2D eigenvalue weighted by Crippen LogP contribution is 2.41. The van der Waals surface area contributed by atoms with Crippen LogP contribution in [0.15, 0.2) is 42.7 Å². The Morgan fingerprint density at radius 2 is 1.96 bits per heavy atom. The third kappa shape index (κ3) is 3.09. The molecule has 1 N–H and O–H groups in total. The van der Waals surface area contributed by atoms with Gasteiger partial charge in [-0.25, -0.2) is 0 Å². The second kappa shape index (κ2) is 6.76. The average molecular weight is 354 g/mol. The Balaban J connectivity index is 1.48. The molecule has 1 aromatic carbocycles. The number of carbonyl (C=O) groups is 1. The van der Waals surface area contributed by atoms with Crippen molar-refractivity contribution in [3.8, 4) is 0 Å². The first-order chi connectivity index (χ1) is 12.5. The fourth-order valence-electron chi connectivity index (χ4n) is 4.43. The second-order valence-electron chi connectivity index (χ2n) is 7.77. The molecular weight excluding hydrogens is 328 g/mol. The standard InChI is InChI=1S/C20H26N4O2/c1-22(2)17-6-3-5-14(9-17)20(26)23-12-15-10-18(24-8-4-7-21-24)19(25)11-16(15)13-23/h3-9,15-16,18-19,25H,10-13H2,1-2H3/t15-,16+,18-,19-/m1/s1. The number of fused-ring (bicyclic) bond motifs is 1. The van der Waals surface area contributed by atoms with Gasteiger partial charge in [-0.3, -0.25) is 9.48 Å². The lowest BCUT2D eigenvalue weighted by atomic mass is 9.77. The average Bonchev–Trinajstić information content (AvgIpc) is 3.29. The summed E-state index contributed by atoms with van der Waals surface area (Å²) in [5.74, 6) is 0.889. The van der Waals surface area contributed by atoms with Crippen molar-refractivity contribution in [1.82, 2.24) is 14.7 Å². The zero-order valence-electron chi connectivity index (χ0n) is 15.3. The molecule has 1 saturated carbocycles. The van der Waals surface area contributed by atoms with Gasteiger partial charge in [0.2, 0.25) is 0 Å². The smallest absolute Gasteiger partial charge is 0.253 e. The van der Waals surface area contributed by atoms with Crippen molar-refractivity contribution in [2.75, 3.05) is 32.1 Å². The molecule has 0 unspecified atom stereocenters. The molecule has 2 fully saturated rings. The molecule has 26 heavy (non-hydrogen) atoms. The van der Waals surface area contributed by atoms with Crippen LogP contribution < -0.4 is 4.90 Å². The maximum absolute atomic E-state index is 13.0. The number of benzene rings is 1. The van der Waals surface area contributed by atoms with Crippen LogP contribution in [0.4, 0.5) is 5.69 Å². The molecule has 6 heteroatoms. The van der Waals surface area contributed by atoms with Gasteiger partial charge in [-0.1, -0.05) is 6.07 Å². The molecule has 1 aliphatic carbocycles. The monoisotopic (exact) mass is 354 g/mol. The Morgan fingerprint density at radius 1 is 1.19 bits per heavy atom. The third-order valence-electron chi connectivity index (χ3n) is 5.87. The van der Waals surface area contributed by atoms with Crippen LogP contribution in [-0.2, 0) is 0 Å². The van der Waals surface area contributed by atoms with Gasteiger partial charge in [0, 0.05) is 50.8 Å². The number of hydrogen-bond acceptors (Lipinski definition) is 4. The van der Waals surface area contributed by atoms with Gasteiger partial charge in [-0.15, -0.1) is 0 Å². The van der Waals surface area contributed by atoms with Gasteiger partial charge in [-0.2, -0.15) is 5.10 Å². The van der Waals surface area contributed by atoms with Gasteiger partial charge in [0.15, 0.2) is 0 Å². The van der Waals surface area contributed by atoms with Crippen LogP contribution in [0.25, 0.3) is 0 Å². The maximum atomic E-state index is 13.0. The highest BCUT2D eigenvalue weighted by Gasteiger charge is 2.43. The number of aliphatic hydroxyl groups is 1. The van der Waals surface area contributed by atoms with Crippen molar-refractivity contribution >= 4 is 11.6 Å². The van der Waals surface area contributed by atoms with Crippen LogP contribution in [0.2, 0.25) is 0 Å². The van der Waals surface area contributed by atoms with Gasteiger partial charge in [0.05, 0.1) is 12.1 Å². The summed E-state index contributed by atoms with van der Waals surface area (Å²) in [5, 5.41) is 14.9. The van der Waals surface area contributed by atoms with Crippen molar-refractivity contribution in [2.24, 2.45) is 11.8 Å². The van der Waals surface area contributed by atoms with E-state index in [4.69, 9.17) is 0 Å². The minimum Gasteiger partial charge on any atom is -0.391 e. The summed E-state index contributed by atoms with van der Waals surface area (Å²) < 4.78 is 1.87. The highest BCUT2D eigenvalue weighted by atomic mass is 16.3. The summed E-state index contributed by atoms with van der Waals surface area (Å²) in [4.78, 5) is 17.0. The summed E-state index contributed by atoms with van der Waals surface area (Å²) in [6, 6.07) is 9.68. The molecule has 2 heterocycles. The normalized spacial score (nSPS) is 28.0. The third-order valence-corrected chi connectivity index (χ3v) is 5.87. The van der Waals surface area contributed by atoms with E-state index in [9.17, 15) is 9.90 Å². The Hall–Kier alpha value is -2.34. The quantitative estimate of drug-likeness (QED) is 0.916. The molecule has 4 rings (SSSR count). The first kappa shape index (κ1) is 17.1. The number of anilines is 1. The summed E-state index contributed by atoms with van der Waals surface area (Å²) in [6.07, 6.45) is 4.87. The fraction of sp³-hybridized carbons (Fsp3) is 0.500. The van der Waals surface area contributed by atoms with E-state index in [0.717, 1.165) is 37.2 Å². The predicted molar refractivity (Wildman–Crippen MR) is 100 cm³/mol. The Kier molecular flexibility index (Phi) is 4.44. The summed E-state index contributed by atoms with van der Waals surface area (Å²) in [5.41, 5.74) is 1.76. The summed E-state index contributed by atoms with van der Waals surface area (Å²) >= 11 is 0. The lowest BCUT2D eigenvalue weighted by Crippen LogP contribution is -2.36. The van der Waals surface area contributed by atoms with E-state index in [0.29, 0.717) is 11.8 Å². The minimum absolute atomic E-state index is 0.0124. The van der Waals surface area contributed by atoms with E-state index in [1.165, 1.54) is 0 Å². The van der Waals surface area contributed by atoms with Gasteiger partial charge in [0.1, 0.15) is 0 Å². The molecule has 2 aliphatic rings. The van der Waals surface area contributed by atoms with E-state index >= 15 is 0 Å². The molecular formula is C20H26N4O2. The van der Waals surface area contributed by atoms with Gasteiger partial charge in [-0.05, 0) is 48.9 Å². The predicted octanol–water partition coefficient (Wildman–Crippen LogP) is 2.03. The molecule has 4 atom stereocenters. The van der Waals surface area contributed by atoms with E-state index in [1.807, 2.05) is 65.1 Å². The number of likely N-dealkylation sites (tertiary alicyclic amines) is 1. The first-order valence-electron chi connectivity index (χ1n) is 9.27. The second-order valence-corrected chi connectivity index (χ2v) is 7.77. The zero-order chi connectivity index (χ0) is 18.3. The van der Waals surface area contributed by atoms with E-state index in [2.05, 4.69) is 5.10 Å². The zero-order valence-corrected chi connectivity index (χ0v) is 15.3. The lowest BCUT2D eigenvalue weighted by Gasteiger charge is -2.35. The lowest BCUT2D eigenvalue weighted by molar-refractivity contribution is 0.0306.